The predicted molar refractivity (Wildman–Crippen MR) is 75.0 cm³/mol. The highest BCUT2D eigenvalue weighted by Crippen LogP contribution is 2.23. The summed E-state index contributed by atoms with van der Waals surface area (Å²) in [6, 6.07) is 8.90. The van der Waals surface area contributed by atoms with E-state index >= 15 is 0 Å². The summed E-state index contributed by atoms with van der Waals surface area (Å²) >= 11 is 0. The molecule has 0 aromatic heterocycles. The first kappa shape index (κ1) is 14.9. The van der Waals surface area contributed by atoms with E-state index < -0.39 is 26.5 Å². The Balaban J connectivity index is 2.31. The Morgan fingerprint density at radius 2 is 1.76 bits per heavy atom. The summed E-state index contributed by atoms with van der Waals surface area (Å²) in [5.41, 5.74) is 0.0993. The molecule has 6 nitrogen and oxygen atoms in total. The lowest BCUT2D eigenvalue weighted by Crippen LogP contribution is -2.13. The van der Waals surface area contributed by atoms with Crippen molar-refractivity contribution in [3.63, 3.8) is 0 Å². The largest absolute Gasteiger partial charge is 0.304 e. The monoisotopic (exact) mass is 310 g/mol. The Morgan fingerprint density at radius 1 is 1.14 bits per heavy atom. The van der Waals surface area contributed by atoms with Crippen LogP contribution in [0.25, 0.3) is 0 Å². The number of nitro groups is 1. The Kier molecular flexibility index (Phi) is 3.90. The first-order valence-electron chi connectivity index (χ1n) is 5.83. The average molecular weight is 310 g/mol. The molecule has 0 spiro atoms. The van der Waals surface area contributed by atoms with Crippen LogP contribution in [-0.4, -0.2) is 13.3 Å². The molecule has 2 rings (SSSR count). The van der Waals surface area contributed by atoms with Crippen molar-refractivity contribution >= 4 is 21.4 Å². The highest BCUT2D eigenvalue weighted by Gasteiger charge is 2.18. The third-order valence-electron chi connectivity index (χ3n) is 2.73. The molecule has 0 atom stereocenters. The summed E-state index contributed by atoms with van der Waals surface area (Å²) in [4.78, 5) is 9.64. The van der Waals surface area contributed by atoms with Crippen molar-refractivity contribution in [3.05, 3.63) is 64.0 Å². The first-order chi connectivity index (χ1) is 9.79. The molecule has 0 aliphatic carbocycles. The number of halogens is 1. The lowest BCUT2D eigenvalue weighted by Gasteiger charge is -2.08. The number of benzene rings is 2. The van der Waals surface area contributed by atoms with Crippen molar-refractivity contribution in [2.45, 2.75) is 11.8 Å². The van der Waals surface area contributed by atoms with Crippen LogP contribution >= 0.6 is 0 Å². The number of hydrogen-bond donors (Lipinski definition) is 1. The van der Waals surface area contributed by atoms with Crippen molar-refractivity contribution < 1.29 is 17.7 Å². The normalized spacial score (nSPS) is 11.1. The summed E-state index contributed by atoms with van der Waals surface area (Å²) in [5, 5.41) is 10.5. The zero-order chi connectivity index (χ0) is 15.6. The van der Waals surface area contributed by atoms with Gasteiger partial charge in [0.1, 0.15) is 0 Å². The molecular formula is C13H11FN2O4S. The van der Waals surface area contributed by atoms with E-state index in [9.17, 15) is 22.9 Å². The molecule has 0 saturated carbocycles. The SMILES string of the molecule is Cc1ccc(S(=O)(=O)Nc2ccc([N+](=O)[O-])c(F)c2)cc1. The summed E-state index contributed by atoms with van der Waals surface area (Å²) < 4.78 is 39.8. The average Bonchev–Trinajstić information content (AvgIpc) is 2.38. The summed E-state index contributed by atoms with van der Waals surface area (Å²) in [5.74, 6) is -1.11. The van der Waals surface area contributed by atoms with E-state index in [4.69, 9.17) is 0 Å². The lowest BCUT2D eigenvalue weighted by molar-refractivity contribution is -0.387. The van der Waals surface area contributed by atoms with Crippen molar-refractivity contribution in [2.75, 3.05) is 4.72 Å². The molecule has 0 aliphatic rings. The molecule has 0 aliphatic heterocycles. The van der Waals surface area contributed by atoms with E-state index in [-0.39, 0.29) is 10.6 Å². The maximum atomic E-state index is 13.5. The fourth-order valence-electron chi connectivity index (χ4n) is 1.65. The van der Waals surface area contributed by atoms with Gasteiger partial charge in [-0.3, -0.25) is 14.8 Å². The van der Waals surface area contributed by atoms with Gasteiger partial charge in [-0.25, -0.2) is 8.42 Å². The molecule has 0 heterocycles. The van der Waals surface area contributed by atoms with Gasteiger partial charge in [0.2, 0.25) is 5.82 Å². The van der Waals surface area contributed by atoms with E-state index in [0.717, 1.165) is 23.8 Å². The molecule has 0 unspecified atom stereocenters. The van der Waals surface area contributed by atoms with Crippen LogP contribution in [0.5, 0.6) is 0 Å². The predicted octanol–water partition coefficient (Wildman–Crippen LogP) is 2.84. The Morgan fingerprint density at radius 3 is 2.29 bits per heavy atom. The van der Waals surface area contributed by atoms with Gasteiger partial charge in [0.15, 0.2) is 0 Å². The molecule has 0 fully saturated rings. The number of nitrogens with one attached hydrogen (secondary N) is 1. The number of nitrogens with zero attached hydrogens (tertiary/aromatic N) is 1. The summed E-state index contributed by atoms with van der Waals surface area (Å²) in [6.07, 6.45) is 0. The Labute approximate surface area is 120 Å². The minimum absolute atomic E-state index is 0.0202. The van der Waals surface area contributed by atoms with Crippen LogP contribution in [0.4, 0.5) is 15.8 Å². The van der Waals surface area contributed by atoms with Crippen LogP contribution in [0.2, 0.25) is 0 Å². The van der Waals surface area contributed by atoms with E-state index in [1.165, 1.54) is 12.1 Å². The minimum Gasteiger partial charge on any atom is -0.280 e. The maximum absolute atomic E-state index is 13.5. The molecule has 2 aromatic carbocycles. The van der Waals surface area contributed by atoms with E-state index in [1.807, 2.05) is 6.92 Å². The smallest absolute Gasteiger partial charge is 0.280 e. The van der Waals surface area contributed by atoms with Crippen LogP contribution in [-0.2, 0) is 10.0 Å². The van der Waals surface area contributed by atoms with E-state index in [2.05, 4.69) is 4.72 Å². The summed E-state index contributed by atoms with van der Waals surface area (Å²) in [7, 11) is -3.87. The van der Waals surface area contributed by atoms with Gasteiger partial charge >= 0.3 is 5.69 Å². The first-order valence-corrected chi connectivity index (χ1v) is 7.31. The van der Waals surface area contributed by atoms with Crippen LogP contribution in [0, 0.1) is 22.9 Å². The quantitative estimate of drug-likeness (QED) is 0.694. The number of anilines is 1. The topological polar surface area (TPSA) is 89.3 Å². The second-order valence-electron chi connectivity index (χ2n) is 4.34. The van der Waals surface area contributed by atoms with Gasteiger partial charge in [-0.1, -0.05) is 17.7 Å². The Bertz CT molecular complexity index is 788. The van der Waals surface area contributed by atoms with Gasteiger partial charge < -0.3 is 0 Å². The van der Waals surface area contributed by atoms with Crippen LogP contribution < -0.4 is 4.72 Å². The van der Waals surface area contributed by atoms with Gasteiger partial charge in [0.25, 0.3) is 10.0 Å². The third kappa shape index (κ3) is 3.34. The molecule has 2 aromatic rings. The number of rotatable bonds is 4. The van der Waals surface area contributed by atoms with Gasteiger partial charge in [0.05, 0.1) is 15.5 Å². The molecule has 21 heavy (non-hydrogen) atoms. The van der Waals surface area contributed by atoms with Crippen LogP contribution in [0.15, 0.2) is 47.4 Å². The molecular weight excluding hydrogens is 299 g/mol. The van der Waals surface area contributed by atoms with Crippen molar-refractivity contribution in [1.29, 1.82) is 0 Å². The molecule has 110 valence electrons. The van der Waals surface area contributed by atoms with Crippen LogP contribution in [0.3, 0.4) is 0 Å². The van der Waals surface area contributed by atoms with Crippen molar-refractivity contribution in [3.8, 4) is 0 Å². The van der Waals surface area contributed by atoms with E-state index in [0.29, 0.717) is 0 Å². The zero-order valence-electron chi connectivity index (χ0n) is 10.9. The number of hydrogen-bond acceptors (Lipinski definition) is 4. The highest BCUT2D eigenvalue weighted by atomic mass is 32.2. The summed E-state index contributed by atoms with van der Waals surface area (Å²) in [6.45, 7) is 1.82. The highest BCUT2D eigenvalue weighted by molar-refractivity contribution is 7.92. The molecule has 0 saturated heterocycles. The second kappa shape index (κ2) is 5.49. The minimum atomic E-state index is -3.87. The molecule has 0 amide bonds. The standard InChI is InChI=1S/C13H11FN2O4S/c1-9-2-5-11(6-3-9)21(19,20)15-10-4-7-13(16(17)18)12(14)8-10/h2-8,15H,1H3. The van der Waals surface area contributed by atoms with Crippen molar-refractivity contribution in [2.24, 2.45) is 0 Å². The van der Waals surface area contributed by atoms with Gasteiger partial charge in [-0.15, -0.1) is 0 Å². The number of nitro benzene ring substituents is 1. The lowest BCUT2D eigenvalue weighted by atomic mass is 10.2. The Hall–Kier alpha value is -2.48. The fraction of sp³-hybridized carbons (Fsp3) is 0.0769. The van der Waals surface area contributed by atoms with Gasteiger partial charge in [-0.2, -0.15) is 4.39 Å². The zero-order valence-corrected chi connectivity index (χ0v) is 11.7. The van der Waals surface area contributed by atoms with Crippen LogP contribution in [0.1, 0.15) is 5.56 Å². The van der Waals surface area contributed by atoms with Gasteiger partial charge in [0, 0.05) is 12.1 Å². The second-order valence-corrected chi connectivity index (χ2v) is 6.02. The fourth-order valence-corrected chi connectivity index (χ4v) is 2.70. The third-order valence-corrected chi connectivity index (χ3v) is 4.13. The van der Waals surface area contributed by atoms with E-state index in [1.54, 1.807) is 12.1 Å². The molecule has 0 radical (unpaired) electrons. The molecule has 0 bridgehead atoms. The maximum Gasteiger partial charge on any atom is 0.304 e. The van der Waals surface area contributed by atoms with Crippen molar-refractivity contribution in [1.82, 2.24) is 0 Å². The van der Waals surface area contributed by atoms with Gasteiger partial charge in [-0.05, 0) is 25.1 Å². The number of aryl methyl sites for hydroxylation is 1. The molecule has 1 N–H and O–H groups in total. The molecule has 8 heteroatoms. The number of sulfonamides is 1.